The molecule has 1 aliphatic rings. The van der Waals surface area contributed by atoms with Crippen molar-refractivity contribution in [2.75, 3.05) is 26.2 Å². The minimum atomic E-state index is -3.56. The Balaban J connectivity index is 1.47. The molecule has 1 fully saturated rings. The normalized spacial score (nSPS) is 18.9. The maximum Gasteiger partial charge on any atom is 0.252 e. The fraction of sp³-hybridized carbons (Fsp3) is 0.450. The van der Waals surface area contributed by atoms with E-state index < -0.39 is 22.0 Å². The number of amides is 1. The Morgan fingerprint density at radius 1 is 1.38 bits per heavy atom. The van der Waals surface area contributed by atoms with Gasteiger partial charge in [0.2, 0.25) is 5.91 Å². The first-order valence-electron chi connectivity index (χ1n) is 9.55. The van der Waals surface area contributed by atoms with Crippen molar-refractivity contribution in [1.82, 2.24) is 9.62 Å². The maximum absolute atomic E-state index is 12.7. The molecule has 0 spiro atoms. The average molecular weight is 439 g/mol. The van der Waals surface area contributed by atoms with Crippen molar-refractivity contribution < 1.29 is 23.1 Å². The maximum atomic E-state index is 12.7. The van der Waals surface area contributed by atoms with E-state index in [1.165, 1.54) is 15.6 Å². The summed E-state index contributed by atoms with van der Waals surface area (Å²) in [7, 11) is -3.56. The van der Waals surface area contributed by atoms with E-state index in [0.717, 1.165) is 5.56 Å². The molecular formula is C20H26N2O5S2. The van der Waals surface area contributed by atoms with Gasteiger partial charge >= 0.3 is 0 Å². The summed E-state index contributed by atoms with van der Waals surface area (Å²) in [5.74, 6) is -0.00820. The SMILES string of the molecule is Cc1cccc(OCC(O)CNC(=O)C2CCCN(S(=O)(=O)c3cccs3)C2)c1. The van der Waals surface area contributed by atoms with Crippen LogP contribution in [-0.2, 0) is 14.8 Å². The molecule has 158 valence electrons. The van der Waals surface area contributed by atoms with Crippen LogP contribution in [0.25, 0.3) is 0 Å². The van der Waals surface area contributed by atoms with Gasteiger partial charge in [-0.1, -0.05) is 18.2 Å². The van der Waals surface area contributed by atoms with E-state index in [1.807, 2.05) is 31.2 Å². The predicted molar refractivity (Wildman–Crippen MR) is 111 cm³/mol. The number of piperidine rings is 1. The van der Waals surface area contributed by atoms with Crippen LogP contribution in [0.4, 0.5) is 0 Å². The second kappa shape index (κ2) is 9.71. The van der Waals surface area contributed by atoms with Gasteiger partial charge in [-0.05, 0) is 48.9 Å². The zero-order chi connectivity index (χ0) is 20.9. The molecule has 3 rings (SSSR count). The Morgan fingerprint density at radius 2 is 2.21 bits per heavy atom. The molecule has 1 aliphatic heterocycles. The van der Waals surface area contributed by atoms with Gasteiger partial charge < -0.3 is 15.2 Å². The standard InChI is InChI=1S/C20H26N2O5S2/c1-15-5-2-7-18(11-15)27-14-17(23)12-21-20(24)16-6-3-9-22(13-16)29(25,26)19-8-4-10-28-19/h2,4-5,7-8,10-11,16-17,23H,3,6,9,12-14H2,1H3,(H,21,24). The van der Waals surface area contributed by atoms with E-state index >= 15 is 0 Å². The van der Waals surface area contributed by atoms with Crippen LogP contribution < -0.4 is 10.1 Å². The van der Waals surface area contributed by atoms with Gasteiger partial charge in [0, 0.05) is 19.6 Å². The van der Waals surface area contributed by atoms with Gasteiger partial charge in [-0.3, -0.25) is 4.79 Å². The zero-order valence-electron chi connectivity index (χ0n) is 16.3. The van der Waals surface area contributed by atoms with E-state index in [2.05, 4.69) is 5.32 Å². The number of aliphatic hydroxyl groups excluding tert-OH is 1. The van der Waals surface area contributed by atoms with Gasteiger partial charge in [-0.25, -0.2) is 8.42 Å². The van der Waals surface area contributed by atoms with Crippen molar-refractivity contribution in [3.8, 4) is 5.75 Å². The van der Waals surface area contributed by atoms with Crippen LogP contribution in [0.2, 0.25) is 0 Å². The summed E-state index contributed by atoms with van der Waals surface area (Å²) in [6, 6.07) is 10.8. The molecule has 2 aromatic rings. The third-order valence-electron chi connectivity index (χ3n) is 4.79. The molecule has 0 aliphatic carbocycles. The summed E-state index contributed by atoms with van der Waals surface area (Å²) in [4.78, 5) is 12.5. The Labute approximate surface area is 175 Å². The molecule has 2 heterocycles. The molecule has 1 amide bonds. The van der Waals surface area contributed by atoms with Gasteiger partial charge in [0.05, 0.1) is 5.92 Å². The largest absolute Gasteiger partial charge is 0.491 e. The Kier molecular flexibility index (Phi) is 7.28. The molecule has 2 unspecified atom stereocenters. The molecular weight excluding hydrogens is 412 g/mol. The third kappa shape index (κ3) is 5.79. The number of rotatable bonds is 8. The fourth-order valence-electron chi connectivity index (χ4n) is 3.23. The van der Waals surface area contributed by atoms with E-state index in [-0.39, 0.29) is 25.6 Å². The highest BCUT2D eigenvalue weighted by Crippen LogP contribution is 2.26. The topological polar surface area (TPSA) is 95.9 Å². The number of sulfonamides is 1. The molecule has 2 atom stereocenters. The molecule has 9 heteroatoms. The van der Waals surface area contributed by atoms with Crippen molar-refractivity contribution in [2.45, 2.75) is 30.1 Å². The Morgan fingerprint density at radius 3 is 2.93 bits per heavy atom. The van der Waals surface area contributed by atoms with Crippen LogP contribution in [0, 0.1) is 12.8 Å². The second-order valence-corrected chi connectivity index (χ2v) is 10.3. The number of nitrogens with one attached hydrogen (secondary N) is 1. The van der Waals surface area contributed by atoms with Crippen LogP contribution in [-0.4, -0.2) is 56.1 Å². The lowest BCUT2D eigenvalue weighted by Gasteiger charge is -2.31. The van der Waals surface area contributed by atoms with Crippen molar-refractivity contribution in [1.29, 1.82) is 0 Å². The molecule has 0 radical (unpaired) electrons. The molecule has 1 saturated heterocycles. The van der Waals surface area contributed by atoms with Crippen molar-refractivity contribution in [3.05, 3.63) is 47.3 Å². The lowest BCUT2D eigenvalue weighted by atomic mass is 9.99. The van der Waals surface area contributed by atoms with Crippen molar-refractivity contribution >= 4 is 27.3 Å². The minimum absolute atomic E-state index is 0.0544. The molecule has 0 bridgehead atoms. The van der Waals surface area contributed by atoms with Gasteiger partial charge in [0.15, 0.2) is 0 Å². The number of carbonyl (C=O) groups excluding carboxylic acids is 1. The fourth-order valence-corrected chi connectivity index (χ4v) is 5.90. The van der Waals surface area contributed by atoms with E-state index in [0.29, 0.717) is 29.3 Å². The summed E-state index contributed by atoms with van der Waals surface area (Å²) in [5, 5.41) is 14.5. The second-order valence-electron chi connectivity index (χ2n) is 7.16. The number of aryl methyl sites for hydroxylation is 1. The van der Waals surface area contributed by atoms with Gasteiger partial charge in [-0.15, -0.1) is 11.3 Å². The van der Waals surface area contributed by atoms with E-state index in [9.17, 15) is 18.3 Å². The van der Waals surface area contributed by atoms with E-state index in [4.69, 9.17) is 4.74 Å². The highest BCUT2D eigenvalue weighted by molar-refractivity contribution is 7.91. The molecule has 1 aromatic carbocycles. The number of hydrogen-bond donors (Lipinski definition) is 2. The first-order valence-corrected chi connectivity index (χ1v) is 11.9. The van der Waals surface area contributed by atoms with Crippen LogP contribution in [0.5, 0.6) is 5.75 Å². The number of thiophene rings is 1. The monoisotopic (exact) mass is 438 g/mol. The van der Waals surface area contributed by atoms with Crippen LogP contribution >= 0.6 is 11.3 Å². The van der Waals surface area contributed by atoms with Crippen LogP contribution in [0.1, 0.15) is 18.4 Å². The molecule has 29 heavy (non-hydrogen) atoms. The third-order valence-corrected chi connectivity index (χ3v) is 8.03. The number of aliphatic hydroxyl groups is 1. The summed E-state index contributed by atoms with van der Waals surface area (Å²) in [5.41, 5.74) is 1.06. The lowest BCUT2D eigenvalue weighted by molar-refractivity contribution is -0.126. The molecule has 7 nitrogen and oxygen atoms in total. The average Bonchev–Trinajstić information content (AvgIpc) is 3.26. The number of carbonyl (C=O) groups is 1. The minimum Gasteiger partial charge on any atom is -0.491 e. The summed E-state index contributed by atoms with van der Waals surface area (Å²) < 4.78 is 32.6. The summed E-state index contributed by atoms with van der Waals surface area (Å²) >= 11 is 1.17. The Bertz CT molecular complexity index is 915. The predicted octanol–water partition coefficient (Wildman–Crippen LogP) is 2.01. The number of benzene rings is 1. The summed E-state index contributed by atoms with van der Waals surface area (Å²) in [6.45, 7) is 2.64. The van der Waals surface area contributed by atoms with Crippen LogP contribution in [0.15, 0.2) is 46.0 Å². The number of hydrogen-bond acceptors (Lipinski definition) is 6. The van der Waals surface area contributed by atoms with Gasteiger partial charge in [-0.2, -0.15) is 4.31 Å². The quantitative estimate of drug-likeness (QED) is 0.657. The lowest BCUT2D eigenvalue weighted by Crippen LogP contribution is -2.46. The number of ether oxygens (including phenoxy) is 1. The van der Waals surface area contributed by atoms with Crippen molar-refractivity contribution in [2.24, 2.45) is 5.92 Å². The molecule has 1 aromatic heterocycles. The van der Waals surface area contributed by atoms with E-state index in [1.54, 1.807) is 17.5 Å². The van der Waals surface area contributed by atoms with Gasteiger partial charge in [0.25, 0.3) is 10.0 Å². The van der Waals surface area contributed by atoms with Gasteiger partial charge in [0.1, 0.15) is 22.7 Å². The highest BCUT2D eigenvalue weighted by Gasteiger charge is 2.33. The first kappa shape index (κ1) is 21.8. The van der Waals surface area contributed by atoms with Crippen LogP contribution in [0.3, 0.4) is 0 Å². The highest BCUT2D eigenvalue weighted by atomic mass is 32.2. The molecule has 0 saturated carbocycles. The Hall–Kier alpha value is -1.94. The number of nitrogens with zero attached hydrogens (tertiary/aromatic N) is 1. The first-order chi connectivity index (χ1) is 13.9. The molecule has 2 N–H and O–H groups in total. The zero-order valence-corrected chi connectivity index (χ0v) is 17.9. The summed E-state index contributed by atoms with van der Waals surface area (Å²) in [6.07, 6.45) is 0.397. The smallest absolute Gasteiger partial charge is 0.252 e. The van der Waals surface area contributed by atoms with Crippen molar-refractivity contribution in [3.63, 3.8) is 0 Å².